The molecule has 6 nitrogen and oxygen atoms in total. The second-order valence-electron chi connectivity index (χ2n) is 5.39. The molecule has 0 saturated carbocycles. The van der Waals surface area contributed by atoms with Gasteiger partial charge in [-0.1, -0.05) is 6.07 Å². The second-order valence-corrected chi connectivity index (χ2v) is 6.39. The van der Waals surface area contributed by atoms with Crippen LogP contribution in [-0.2, 0) is 4.79 Å². The van der Waals surface area contributed by atoms with Gasteiger partial charge in [-0.05, 0) is 37.3 Å². The van der Waals surface area contributed by atoms with E-state index in [1.165, 1.54) is 18.3 Å². The SMILES string of the molecule is CC(=O)Nc1cccc(NC(=O)c2sc(-c3cccnc3)nc2C)c1. The van der Waals surface area contributed by atoms with Gasteiger partial charge in [0.15, 0.2) is 0 Å². The van der Waals surface area contributed by atoms with Crippen LogP contribution in [0.4, 0.5) is 11.4 Å². The Bertz CT molecular complexity index is 922. The Kier molecular flexibility index (Phi) is 4.85. The molecule has 25 heavy (non-hydrogen) atoms. The number of anilines is 2. The summed E-state index contributed by atoms with van der Waals surface area (Å²) in [6, 6.07) is 10.7. The smallest absolute Gasteiger partial charge is 0.267 e. The molecule has 0 aliphatic rings. The highest BCUT2D eigenvalue weighted by molar-refractivity contribution is 7.17. The Morgan fingerprint density at radius 2 is 1.84 bits per heavy atom. The number of pyridine rings is 1. The molecule has 0 aliphatic carbocycles. The van der Waals surface area contributed by atoms with Crippen molar-refractivity contribution in [3.8, 4) is 10.6 Å². The molecule has 0 unspecified atom stereocenters. The number of hydrogen-bond acceptors (Lipinski definition) is 5. The third-order valence-electron chi connectivity index (χ3n) is 3.35. The van der Waals surface area contributed by atoms with Crippen LogP contribution in [0, 0.1) is 6.92 Å². The van der Waals surface area contributed by atoms with E-state index in [1.807, 2.05) is 12.1 Å². The van der Waals surface area contributed by atoms with Crippen molar-refractivity contribution in [1.82, 2.24) is 9.97 Å². The highest BCUT2D eigenvalue weighted by Crippen LogP contribution is 2.28. The number of amides is 2. The van der Waals surface area contributed by atoms with Crippen molar-refractivity contribution < 1.29 is 9.59 Å². The van der Waals surface area contributed by atoms with Crippen LogP contribution in [0.25, 0.3) is 10.6 Å². The molecule has 3 rings (SSSR count). The summed E-state index contributed by atoms with van der Waals surface area (Å²) in [5.41, 5.74) is 2.77. The van der Waals surface area contributed by atoms with Gasteiger partial charge in [-0.15, -0.1) is 11.3 Å². The highest BCUT2D eigenvalue weighted by Gasteiger charge is 2.16. The van der Waals surface area contributed by atoms with Gasteiger partial charge in [-0.3, -0.25) is 14.6 Å². The number of rotatable bonds is 4. The zero-order valence-corrected chi connectivity index (χ0v) is 14.6. The molecule has 2 N–H and O–H groups in total. The van der Waals surface area contributed by atoms with Crippen LogP contribution < -0.4 is 10.6 Å². The molecule has 0 saturated heterocycles. The van der Waals surface area contributed by atoms with Crippen molar-refractivity contribution in [2.24, 2.45) is 0 Å². The van der Waals surface area contributed by atoms with Gasteiger partial charge < -0.3 is 10.6 Å². The zero-order chi connectivity index (χ0) is 17.8. The van der Waals surface area contributed by atoms with Gasteiger partial charge in [0.05, 0.1) is 5.69 Å². The van der Waals surface area contributed by atoms with E-state index >= 15 is 0 Å². The molecule has 2 aromatic heterocycles. The fourth-order valence-electron chi connectivity index (χ4n) is 2.29. The third kappa shape index (κ3) is 4.07. The average Bonchev–Trinajstić information content (AvgIpc) is 2.97. The van der Waals surface area contributed by atoms with E-state index in [2.05, 4.69) is 20.6 Å². The lowest BCUT2D eigenvalue weighted by atomic mass is 10.2. The van der Waals surface area contributed by atoms with Crippen molar-refractivity contribution in [3.05, 3.63) is 59.4 Å². The lowest BCUT2D eigenvalue weighted by molar-refractivity contribution is -0.114. The summed E-state index contributed by atoms with van der Waals surface area (Å²) in [5, 5.41) is 6.28. The van der Waals surface area contributed by atoms with Gasteiger partial charge in [-0.2, -0.15) is 0 Å². The van der Waals surface area contributed by atoms with E-state index in [9.17, 15) is 9.59 Å². The summed E-state index contributed by atoms with van der Waals surface area (Å²) in [7, 11) is 0. The van der Waals surface area contributed by atoms with Crippen LogP contribution in [0.3, 0.4) is 0 Å². The molecule has 0 atom stereocenters. The number of carbonyl (C=O) groups is 2. The quantitative estimate of drug-likeness (QED) is 0.749. The van der Waals surface area contributed by atoms with Gasteiger partial charge in [0.1, 0.15) is 9.88 Å². The Hall–Kier alpha value is -3.06. The summed E-state index contributed by atoms with van der Waals surface area (Å²) >= 11 is 1.32. The Morgan fingerprint density at radius 1 is 1.08 bits per heavy atom. The van der Waals surface area contributed by atoms with Crippen molar-refractivity contribution in [1.29, 1.82) is 0 Å². The molecule has 2 heterocycles. The summed E-state index contributed by atoms with van der Waals surface area (Å²) in [5.74, 6) is -0.395. The normalized spacial score (nSPS) is 10.3. The fraction of sp³-hybridized carbons (Fsp3) is 0.111. The van der Waals surface area contributed by atoms with Crippen LogP contribution >= 0.6 is 11.3 Å². The Morgan fingerprint density at radius 3 is 2.52 bits per heavy atom. The van der Waals surface area contributed by atoms with Crippen LogP contribution in [0.5, 0.6) is 0 Å². The number of nitrogens with one attached hydrogen (secondary N) is 2. The standard InChI is InChI=1S/C18H16N4O2S/c1-11-16(25-18(20-11)13-5-4-8-19-10-13)17(24)22-15-7-3-6-14(9-15)21-12(2)23/h3-10H,1-2H3,(H,21,23)(H,22,24). The van der Waals surface area contributed by atoms with Gasteiger partial charge in [-0.25, -0.2) is 4.98 Å². The first-order valence-corrected chi connectivity index (χ1v) is 8.41. The Balaban J connectivity index is 1.80. The second kappa shape index (κ2) is 7.23. The molecule has 0 radical (unpaired) electrons. The minimum atomic E-state index is -0.231. The number of hydrogen-bond donors (Lipinski definition) is 2. The topological polar surface area (TPSA) is 84.0 Å². The molecule has 0 spiro atoms. The maximum absolute atomic E-state index is 12.6. The molecular formula is C18H16N4O2S. The van der Waals surface area contributed by atoms with Crippen molar-refractivity contribution >= 4 is 34.5 Å². The summed E-state index contributed by atoms with van der Waals surface area (Å²) in [6.45, 7) is 3.24. The van der Waals surface area contributed by atoms with E-state index in [4.69, 9.17) is 0 Å². The molecule has 1 aromatic carbocycles. The lowest BCUT2D eigenvalue weighted by Crippen LogP contribution is -2.12. The van der Waals surface area contributed by atoms with Crippen molar-refractivity contribution in [3.63, 3.8) is 0 Å². The molecular weight excluding hydrogens is 336 g/mol. The first kappa shape index (κ1) is 16.8. The van der Waals surface area contributed by atoms with Crippen LogP contribution in [0.15, 0.2) is 48.8 Å². The maximum Gasteiger partial charge on any atom is 0.267 e. The minimum absolute atomic E-state index is 0.164. The lowest BCUT2D eigenvalue weighted by Gasteiger charge is -2.07. The van der Waals surface area contributed by atoms with E-state index in [-0.39, 0.29) is 11.8 Å². The average molecular weight is 352 g/mol. The van der Waals surface area contributed by atoms with Crippen LogP contribution in [-0.4, -0.2) is 21.8 Å². The largest absolute Gasteiger partial charge is 0.326 e. The highest BCUT2D eigenvalue weighted by atomic mass is 32.1. The number of thiazole rings is 1. The molecule has 126 valence electrons. The zero-order valence-electron chi connectivity index (χ0n) is 13.7. The summed E-state index contributed by atoms with van der Waals surface area (Å²) in [4.78, 5) is 32.8. The summed E-state index contributed by atoms with van der Waals surface area (Å²) < 4.78 is 0. The Labute approximate surface area is 149 Å². The number of carbonyl (C=O) groups excluding carboxylic acids is 2. The number of benzene rings is 1. The van der Waals surface area contributed by atoms with Gasteiger partial charge in [0.25, 0.3) is 5.91 Å². The molecule has 0 bridgehead atoms. The van der Waals surface area contributed by atoms with E-state index in [0.717, 1.165) is 10.6 Å². The molecule has 0 fully saturated rings. The first-order valence-electron chi connectivity index (χ1n) is 7.60. The number of aryl methyl sites for hydroxylation is 1. The van der Waals surface area contributed by atoms with E-state index in [1.54, 1.807) is 43.6 Å². The predicted octanol–water partition coefficient (Wildman–Crippen LogP) is 3.72. The molecule has 7 heteroatoms. The van der Waals surface area contributed by atoms with Crippen LogP contribution in [0.2, 0.25) is 0 Å². The van der Waals surface area contributed by atoms with Crippen molar-refractivity contribution in [2.75, 3.05) is 10.6 Å². The van der Waals surface area contributed by atoms with Gasteiger partial charge >= 0.3 is 0 Å². The monoisotopic (exact) mass is 352 g/mol. The van der Waals surface area contributed by atoms with E-state index < -0.39 is 0 Å². The van der Waals surface area contributed by atoms with Crippen LogP contribution in [0.1, 0.15) is 22.3 Å². The van der Waals surface area contributed by atoms with E-state index in [0.29, 0.717) is 21.9 Å². The molecule has 3 aromatic rings. The molecule has 2 amide bonds. The first-order chi connectivity index (χ1) is 12.0. The van der Waals surface area contributed by atoms with Crippen molar-refractivity contribution in [2.45, 2.75) is 13.8 Å². The maximum atomic E-state index is 12.6. The fourth-order valence-corrected chi connectivity index (χ4v) is 3.24. The summed E-state index contributed by atoms with van der Waals surface area (Å²) in [6.07, 6.45) is 3.41. The van der Waals surface area contributed by atoms with Gasteiger partial charge in [0, 0.05) is 36.3 Å². The predicted molar refractivity (Wildman–Crippen MR) is 98.8 cm³/mol. The third-order valence-corrected chi connectivity index (χ3v) is 4.56. The molecule has 0 aliphatic heterocycles. The minimum Gasteiger partial charge on any atom is -0.326 e. The van der Waals surface area contributed by atoms with Gasteiger partial charge in [0.2, 0.25) is 5.91 Å². The number of nitrogens with zero attached hydrogens (tertiary/aromatic N) is 2. The number of aromatic nitrogens is 2.